The van der Waals surface area contributed by atoms with Crippen LogP contribution in [0.5, 0.6) is 11.5 Å². The molecule has 0 atom stereocenters. The molecule has 1 aromatic carbocycles. The van der Waals surface area contributed by atoms with Crippen LogP contribution >= 0.6 is 0 Å². The fourth-order valence-corrected chi connectivity index (χ4v) is 1.14. The summed E-state index contributed by atoms with van der Waals surface area (Å²) < 4.78 is 10.7. The third-order valence-corrected chi connectivity index (χ3v) is 1.91. The highest BCUT2D eigenvalue weighted by Crippen LogP contribution is 2.25. The van der Waals surface area contributed by atoms with E-state index in [0.29, 0.717) is 6.61 Å². The predicted octanol–water partition coefficient (Wildman–Crippen LogP) is 3.29. The Kier molecular flexibility index (Phi) is 3.98. The fraction of sp³-hybridized carbons (Fsp3) is 0.231. The second-order valence-electron chi connectivity index (χ2n) is 3.35. The molecule has 0 bridgehead atoms. The molecule has 0 saturated carbocycles. The quantitative estimate of drug-likeness (QED) is 0.685. The van der Waals surface area contributed by atoms with Gasteiger partial charge in [0.1, 0.15) is 18.1 Å². The smallest absolute Gasteiger partial charge is 0.130 e. The summed E-state index contributed by atoms with van der Waals surface area (Å²) in [6.07, 6.45) is 1.76. The van der Waals surface area contributed by atoms with E-state index in [2.05, 4.69) is 13.2 Å². The molecule has 0 radical (unpaired) electrons. The van der Waals surface area contributed by atoms with Crippen LogP contribution in [0, 0.1) is 0 Å². The summed E-state index contributed by atoms with van der Waals surface area (Å²) in [6, 6.07) is 5.64. The Morgan fingerprint density at radius 3 is 2.73 bits per heavy atom. The molecule has 0 N–H and O–H groups in total. The zero-order valence-electron chi connectivity index (χ0n) is 9.25. The lowest BCUT2D eigenvalue weighted by molar-refractivity contribution is 0.347. The molecule has 0 spiro atoms. The minimum Gasteiger partial charge on any atom is -0.497 e. The van der Waals surface area contributed by atoms with Gasteiger partial charge in [0.05, 0.1) is 7.11 Å². The number of methoxy groups -OCH3 is 1. The maximum atomic E-state index is 5.58. The van der Waals surface area contributed by atoms with E-state index in [1.54, 1.807) is 13.2 Å². The maximum Gasteiger partial charge on any atom is 0.130 e. The minimum absolute atomic E-state index is 0.508. The van der Waals surface area contributed by atoms with E-state index in [-0.39, 0.29) is 0 Å². The summed E-state index contributed by atoms with van der Waals surface area (Å²) >= 11 is 0. The molecule has 15 heavy (non-hydrogen) atoms. The average molecular weight is 204 g/mol. The van der Waals surface area contributed by atoms with Gasteiger partial charge >= 0.3 is 0 Å². The average Bonchev–Trinajstić information content (AvgIpc) is 2.25. The van der Waals surface area contributed by atoms with Crippen molar-refractivity contribution in [2.75, 3.05) is 13.7 Å². The first-order valence-corrected chi connectivity index (χ1v) is 4.75. The van der Waals surface area contributed by atoms with Gasteiger partial charge in [-0.1, -0.05) is 19.2 Å². The van der Waals surface area contributed by atoms with Crippen LogP contribution in [0.4, 0.5) is 0 Å². The highest BCUT2D eigenvalue weighted by molar-refractivity contribution is 5.57. The van der Waals surface area contributed by atoms with Crippen molar-refractivity contribution in [2.24, 2.45) is 0 Å². The van der Waals surface area contributed by atoms with Crippen LogP contribution in [0.2, 0.25) is 0 Å². The molecular weight excluding hydrogens is 188 g/mol. The van der Waals surface area contributed by atoms with Crippen LogP contribution in [0.25, 0.3) is 6.08 Å². The Morgan fingerprint density at radius 1 is 1.47 bits per heavy atom. The summed E-state index contributed by atoms with van der Waals surface area (Å²) in [6.45, 7) is 9.95. The Morgan fingerprint density at radius 2 is 2.20 bits per heavy atom. The van der Waals surface area contributed by atoms with Crippen LogP contribution in [0.3, 0.4) is 0 Å². The second kappa shape index (κ2) is 5.25. The van der Waals surface area contributed by atoms with Crippen molar-refractivity contribution < 1.29 is 9.47 Å². The molecular formula is C13H16O2. The first-order valence-electron chi connectivity index (χ1n) is 4.75. The van der Waals surface area contributed by atoms with Crippen molar-refractivity contribution in [3.63, 3.8) is 0 Å². The summed E-state index contributed by atoms with van der Waals surface area (Å²) in [5.41, 5.74) is 1.94. The number of hydrogen-bond acceptors (Lipinski definition) is 2. The molecule has 0 aliphatic heterocycles. The lowest BCUT2D eigenvalue weighted by Crippen LogP contribution is -1.99. The van der Waals surface area contributed by atoms with Crippen LogP contribution in [-0.4, -0.2) is 13.7 Å². The lowest BCUT2D eigenvalue weighted by atomic mass is 10.2. The van der Waals surface area contributed by atoms with Crippen LogP contribution < -0.4 is 9.47 Å². The first-order chi connectivity index (χ1) is 7.17. The third-order valence-electron chi connectivity index (χ3n) is 1.91. The molecule has 0 unspecified atom stereocenters. The Balaban J connectivity index is 2.90. The molecule has 2 heteroatoms. The monoisotopic (exact) mass is 204 g/mol. The van der Waals surface area contributed by atoms with Crippen molar-refractivity contribution in [3.05, 3.63) is 42.5 Å². The van der Waals surface area contributed by atoms with E-state index in [1.807, 2.05) is 25.1 Å². The van der Waals surface area contributed by atoms with E-state index < -0.39 is 0 Å². The highest BCUT2D eigenvalue weighted by atomic mass is 16.5. The molecule has 0 amide bonds. The molecule has 80 valence electrons. The van der Waals surface area contributed by atoms with Gasteiger partial charge in [-0.3, -0.25) is 0 Å². The lowest BCUT2D eigenvalue weighted by Gasteiger charge is -2.10. The van der Waals surface area contributed by atoms with E-state index in [0.717, 1.165) is 22.6 Å². The van der Waals surface area contributed by atoms with Gasteiger partial charge in [0.15, 0.2) is 0 Å². The Hall–Kier alpha value is -1.70. The number of hydrogen-bond donors (Lipinski definition) is 0. The topological polar surface area (TPSA) is 18.5 Å². The number of rotatable bonds is 5. The van der Waals surface area contributed by atoms with E-state index >= 15 is 0 Å². The molecule has 0 fully saturated rings. The predicted molar refractivity (Wildman–Crippen MR) is 63.4 cm³/mol. The van der Waals surface area contributed by atoms with Crippen molar-refractivity contribution in [1.29, 1.82) is 0 Å². The summed E-state index contributed by atoms with van der Waals surface area (Å²) in [7, 11) is 1.63. The summed E-state index contributed by atoms with van der Waals surface area (Å²) in [4.78, 5) is 0. The first kappa shape index (κ1) is 11.4. The van der Waals surface area contributed by atoms with Gasteiger partial charge in [0, 0.05) is 11.6 Å². The largest absolute Gasteiger partial charge is 0.497 e. The van der Waals surface area contributed by atoms with E-state index in [4.69, 9.17) is 9.47 Å². The number of benzene rings is 1. The molecule has 0 heterocycles. The third kappa shape index (κ3) is 3.17. The van der Waals surface area contributed by atoms with Crippen molar-refractivity contribution >= 4 is 6.08 Å². The van der Waals surface area contributed by atoms with Gasteiger partial charge < -0.3 is 9.47 Å². The maximum absolute atomic E-state index is 5.58. The zero-order chi connectivity index (χ0) is 11.3. The van der Waals surface area contributed by atoms with Crippen molar-refractivity contribution in [1.82, 2.24) is 0 Å². The SMILES string of the molecule is C=Cc1ccc(OC)cc1OCC(=C)C. The molecule has 0 saturated heterocycles. The van der Waals surface area contributed by atoms with Gasteiger partial charge in [-0.25, -0.2) is 0 Å². The minimum atomic E-state index is 0.508. The van der Waals surface area contributed by atoms with Gasteiger partial charge in [0.2, 0.25) is 0 Å². The second-order valence-corrected chi connectivity index (χ2v) is 3.35. The molecule has 1 rings (SSSR count). The van der Waals surface area contributed by atoms with Crippen LogP contribution in [-0.2, 0) is 0 Å². The zero-order valence-corrected chi connectivity index (χ0v) is 9.25. The molecule has 2 nitrogen and oxygen atoms in total. The highest BCUT2D eigenvalue weighted by Gasteiger charge is 2.02. The van der Waals surface area contributed by atoms with Crippen LogP contribution in [0.15, 0.2) is 36.9 Å². The number of ether oxygens (including phenoxy) is 2. The standard InChI is InChI=1S/C13H16O2/c1-5-11-6-7-12(14-4)8-13(11)15-9-10(2)3/h5-8H,1-2,9H2,3-4H3. The normalized spacial score (nSPS) is 9.47. The van der Waals surface area contributed by atoms with Gasteiger partial charge in [-0.15, -0.1) is 0 Å². The Bertz CT molecular complexity index is 367. The molecule has 0 aliphatic carbocycles. The molecule has 1 aromatic rings. The van der Waals surface area contributed by atoms with E-state index in [1.165, 1.54) is 0 Å². The molecule has 0 aromatic heterocycles. The fourth-order valence-electron chi connectivity index (χ4n) is 1.14. The van der Waals surface area contributed by atoms with Crippen molar-refractivity contribution in [2.45, 2.75) is 6.92 Å². The van der Waals surface area contributed by atoms with Crippen LogP contribution in [0.1, 0.15) is 12.5 Å². The van der Waals surface area contributed by atoms with E-state index in [9.17, 15) is 0 Å². The molecule has 0 aliphatic rings. The van der Waals surface area contributed by atoms with Crippen molar-refractivity contribution in [3.8, 4) is 11.5 Å². The van der Waals surface area contributed by atoms with Gasteiger partial charge in [-0.05, 0) is 24.6 Å². The summed E-state index contributed by atoms with van der Waals surface area (Å²) in [5, 5.41) is 0. The Labute approximate surface area is 90.8 Å². The van der Waals surface area contributed by atoms with Gasteiger partial charge in [-0.2, -0.15) is 0 Å². The van der Waals surface area contributed by atoms with Gasteiger partial charge in [0.25, 0.3) is 0 Å². The summed E-state index contributed by atoms with van der Waals surface area (Å²) in [5.74, 6) is 1.55.